The highest BCUT2D eigenvalue weighted by Gasteiger charge is 2.31. The van der Waals surface area contributed by atoms with Crippen LogP contribution in [-0.4, -0.2) is 54.6 Å². The predicted molar refractivity (Wildman–Crippen MR) is 179 cm³/mol. The topological polar surface area (TPSA) is 134 Å². The van der Waals surface area contributed by atoms with E-state index in [2.05, 4.69) is 25.7 Å². The Labute approximate surface area is 284 Å². The lowest BCUT2D eigenvalue weighted by atomic mass is 9.93. The van der Waals surface area contributed by atoms with Crippen LogP contribution in [0.4, 0.5) is 24.8 Å². The molecule has 7 rings (SSSR count). The van der Waals surface area contributed by atoms with Gasteiger partial charge in [0.1, 0.15) is 35.2 Å². The molecular formula is C35H32F3N9O3. The van der Waals surface area contributed by atoms with Crippen molar-refractivity contribution in [2.24, 2.45) is 7.05 Å². The molecule has 0 radical (unpaired) electrons. The number of aryl methyl sites for hydroxylation is 1. The summed E-state index contributed by atoms with van der Waals surface area (Å²) in [4.78, 5) is 26.2. The zero-order valence-corrected chi connectivity index (χ0v) is 27.3. The summed E-state index contributed by atoms with van der Waals surface area (Å²) in [5, 5.41) is 16.2. The van der Waals surface area contributed by atoms with Crippen LogP contribution in [0.1, 0.15) is 51.6 Å². The number of halogens is 3. The fourth-order valence-corrected chi connectivity index (χ4v) is 6.28. The first-order valence-corrected chi connectivity index (χ1v) is 15.8. The van der Waals surface area contributed by atoms with Crippen molar-refractivity contribution >= 4 is 28.6 Å². The second kappa shape index (κ2) is 13.1. The number of carbonyl (C=O) groups excluding carboxylic acids is 1. The number of methoxy groups -OCH3 is 2. The van der Waals surface area contributed by atoms with Crippen LogP contribution >= 0.6 is 0 Å². The van der Waals surface area contributed by atoms with Gasteiger partial charge in [-0.2, -0.15) is 23.4 Å². The van der Waals surface area contributed by atoms with Gasteiger partial charge < -0.3 is 20.1 Å². The van der Waals surface area contributed by atoms with Crippen LogP contribution in [0.2, 0.25) is 0 Å². The fraction of sp³-hybridized carbons (Fsp3) is 0.257. The van der Waals surface area contributed by atoms with E-state index in [0.717, 1.165) is 54.4 Å². The monoisotopic (exact) mass is 683 g/mol. The maximum absolute atomic E-state index is 13.2. The summed E-state index contributed by atoms with van der Waals surface area (Å²) < 4.78 is 54.3. The van der Waals surface area contributed by atoms with Gasteiger partial charge >= 0.3 is 6.18 Å². The maximum atomic E-state index is 13.2. The van der Waals surface area contributed by atoms with E-state index < -0.39 is 17.6 Å². The number of anilines is 2. The molecule has 256 valence electrons. The number of amides is 1. The number of nitrogens with zero attached hydrogens (tertiary/aromatic N) is 7. The average Bonchev–Trinajstić information content (AvgIpc) is 3.71. The highest BCUT2D eigenvalue weighted by molar-refractivity contribution is 6.04. The Balaban J connectivity index is 1.26. The van der Waals surface area contributed by atoms with E-state index in [1.165, 1.54) is 6.33 Å². The Hall–Kier alpha value is -5.99. The van der Waals surface area contributed by atoms with E-state index in [9.17, 15) is 18.0 Å². The summed E-state index contributed by atoms with van der Waals surface area (Å²) in [6.45, 7) is 0.378. The number of aromatic nitrogens is 7. The van der Waals surface area contributed by atoms with Crippen LogP contribution in [0.3, 0.4) is 0 Å². The Kier molecular flexibility index (Phi) is 8.55. The summed E-state index contributed by atoms with van der Waals surface area (Å²) >= 11 is 0. The Morgan fingerprint density at radius 2 is 1.84 bits per heavy atom. The number of nitrogens with one attached hydrogen (secondary N) is 2. The maximum Gasteiger partial charge on any atom is 0.416 e. The standard InChI is InChI=1S/C35H32F3N9O3/c1-46-26-5-4-6-27(25(26)18-43-46)47-33-30(32(41-19-42-33)40-17-22-11-12-24(49-2)16-28(22)50-3)31(45-47)20-7-9-21(10-8-20)34(48)44-29-15-23(13-14-39-29)35(36,37)38/h7-16,18-19,27H,4-6,17H2,1-3H3,(H,39,44,48)(H,40,41,42). The van der Waals surface area contributed by atoms with Crippen molar-refractivity contribution in [3.05, 3.63) is 101 Å². The predicted octanol–water partition coefficient (Wildman–Crippen LogP) is 6.45. The minimum absolute atomic E-state index is 0.113. The van der Waals surface area contributed by atoms with E-state index >= 15 is 0 Å². The van der Waals surface area contributed by atoms with Crippen molar-refractivity contribution in [1.29, 1.82) is 0 Å². The summed E-state index contributed by atoms with van der Waals surface area (Å²) in [5.74, 6) is 1.06. The molecule has 2 N–H and O–H groups in total. The molecule has 4 heterocycles. The minimum atomic E-state index is -4.56. The first-order chi connectivity index (χ1) is 24.1. The summed E-state index contributed by atoms with van der Waals surface area (Å²) in [5.41, 5.74) is 4.33. The van der Waals surface area contributed by atoms with Crippen LogP contribution in [0.25, 0.3) is 22.3 Å². The molecule has 1 unspecified atom stereocenters. The lowest BCUT2D eigenvalue weighted by Crippen LogP contribution is -2.19. The van der Waals surface area contributed by atoms with Gasteiger partial charge in [-0.3, -0.25) is 9.48 Å². The molecule has 0 fully saturated rings. The quantitative estimate of drug-likeness (QED) is 0.176. The third-order valence-corrected chi connectivity index (χ3v) is 8.82. The van der Waals surface area contributed by atoms with E-state index in [1.54, 1.807) is 38.5 Å². The van der Waals surface area contributed by atoms with Crippen LogP contribution in [0.5, 0.6) is 11.5 Å². The summed E-state index contributed by atoms with van der Waals surface area (Å²) in [6.07, 6.45) is 2.53. The molecule has 0 saturated carbocycles. The molecule has 12 nitrogen and oxygen atoms in total. The van der Waals surface area contributed by atoms with E-state index in [0.29, 0.717) is 46.2 Å². The van der Waals surface area contributed by atoms with Crippen molar-refractivity contribution in [1.82, 2.24) is 34.5 Å². The highest BCUT2D eigenvalue weighted by atomic mass is 19.4. The van der Waals surface area contributed by atoms with E-state index in [4.69, 9.17) is 19.6 Å². The first-order valence-electron chi connectivity index (χ1n) is 15.8. The molecule has 1 atom stereocenters. The van der Waals surface area contributed by atoms with Gasteiger partial charge in [0.15, 0.2) is 5.65 Å². The molecule has 15 heteroatoms. The number of hydrogen-bond donors (Lipinski definition) is 2. The minimum Gasteiger partial charge on any atom is -0.497 e. The zero-order valence-electron chi connectivity index (χ0n) is 27.3. The molecule has 4 aromatic heterocycles. The Bertz CT molecular complexity index is 2200. The van der Waals surface area contributed by atoms with Crippen molar-refractivity contribution in [2.75, 3.05) is 24.9 Å². The van der Waals surface area contributed by atoms with Crippen molar-refractivity contribution in [2.45, 2.75) is 38.0 Å². The smallest absolute Gasteiger partial charge is 0.416 e. The van der Waals surface area contributed by atoms with Gasteiger partial charge in [-0.15, -0.1) is 0 Å². The number of alkyl halides is 3. The van der Waals surface area contributed by atoms with Gasteiger partial charge in [0.2, 0.25) is 0 Å². The molecule has 1 aliphatic rings. The molecule has 0 bridgehead atoms. The summed E-state index contributed by atoms with van der Waals surface area (Å²) in [7, 11) is 5.13. The Morgan fingerprint density at radius 1 is 1.02 bits per heavy atom. The molecule has 2 aromatic carbocycles. The fourth-order valence-electron chi connectivity index (χ4n) is 6.28. The van der Waals surface area contributed by atoms with Gasteiger partial charge in [-0.25, -0.2) is 19.6 Å². The number of hydrogen-bond acceptors (Lipinski definition) is 9. The molecule has 50 heavy (non-hydrogen) atoms. The second-order valence-electron chi connectivity index (χ2n) is 11.8. The highest BCUT2D eigenvalue weighted by Crippen LogP contribution is 2.39. The largest absolute Gasteiger partial charge is 0.497 e. The Morgan fingerprint density at radius 3 is 2.60 bits per heavy atom. The lowest BCUT2D eigenvalue weighted by Gasteiger charge is -2.23. The molecule has 1 aliphatic carbocycles. The van der Waals surface area contributed by atoms with E-state index in [-0.39, 0.29) is 17.4 Å². The third kappa shape index (κ3) is 6.17. The van der Waals surface area contributed by atoms with Crippen LogP contribution in [0, 0.1) is 0 Å². The number of benzene rings is 2. The van der Waals surface area contributed by atoms with Crippen molar-refractivity contribution < 1.29 is 27.4 Å². The number of fused-ring (bicyclic) bond motifs is 2. The molecule has 6 aromatic rings. The van der Waals surface area contributed by atoms with Gasteiger partial charge in [-0.05, 0) is 55.7 Å². The number of ether oxygens (including phenoxy) is 2. The van der Waals surface area contributed by atoms with Crippen molar-refractivity contribution in [3.63, 3.8) is 0 Å². The van der Waals surface area contributed by atoms with Gasteiger partial charge in [0.25, 0.3) is 5.91 Å². The van der Waals surface area contributed by atoms with Crippen LogP contribution < -0.4 is 20.1 Å². The van der Waals surface area contributed by atoms with Gasteiger partial charge in [-0.1, -0.05) is 12.1 Å². The zero-order chi connectivity index (χ0) is 35.0. The van der Waals surface area contributed by atoms with Gasteiger partial charge in [0.05, 0.1) is 37.4 Å². The number of carbonyl (C=O) groups is 1. The molecular weight excluding hydrogens is 651 g/mol. The average molecular weight is 684 g/mol. The summed E-state index contributed by atoms with van der Waals surface area (Å²) in [6, 6.07) is 13.7. The number of rotatable bonds is 9. The number of pyridine rings is 1. The van der Waals surface area contributed by atoms with Gasteiger partial charge in [0, 0.05) is 53.8 Å². The van der Waals surface area contributed by atoms with Crippen LogP contribution in [-0.2, 0) is 26.2 Å². The molecule has 0 aliphatic heterocycles. The first kappa shape index (κ1) is 32.6. The third-order valence-electron chi connectivity index (χ3n) is 8.82. The lowest BCUT2D eigenvalue weighted by molar-refractivity contribution is -0.137. The molecule has 0 saturated heterocycles. The normalized spacial score (nSPS) is 14.3. The van der Waals surface area contributed by atoms with Crippen molar-refractivity contribution in [3.8, 4) is 22.8 Å². The molecule has 1 amide bonds. The second-order valence-corrected chi connectivity index (χ2v) is 11.8. The SMILES string of the molecule is COc1ccc(CNc2ncnc3c2c(-c2ccc(C(=O)Nc4cc(C(F)(F)F)ccn4)cc2)nn3C2CCCc3c2cnn3C)c(OC)c1. The molecule has 0 spiro atoms. The van der Waals surface area contributed by atoms with Crippen LogP contribution in [0.15, 0.2) is 73.3 Å². The van der Waals surface area contributed by atoms with E-state index in [1.807, 2.05) is 40.8 Å².